The predicted molar refractivity (Wildman–Crippen MR) is 120 cm³/mol. The van der Waals surface area contributed by atoms with Gasteiger partial charge in [-0.3, -0.25) is 10.1 Å². The molecule has 0 spiro atoms. The fourth-order valence-electron chi connectivity index (χ4n) is 3.44. The molecule has 0 radical (unpaired) electrons. The van der Waals surface area contributed by atoms with Gasteiger partial charge in [-0.05, 0) is 19.4 Å². The number of nitrogens with one attached hydrogen (secondary N) is 1. The number of hydrogen-bond donors (Lipinski definition) is 1. The van der Waals surface area contributed by atoms with Gasteiger partial charge in [-0.2, -0.15) is 9.97 Å². The molecule has 11 heteroatoms. The van der Waals surface area contributed by atoms with Crippen molar-refractivity contribution in [3.05, 3.63) is 57.0 Å². The van der Waals surface area contributed by atoms with Crippen molar-refractivity contribution in [3.63, 3.8) is 0 Å². The lowest BCUT2D eigenvalue weighted by Crippen LogP contribution is -2.27. The van der Waals surface area contributed by atoms with Crippen LogP contribution in [0.15, 0.2) is 35.7 Å². The summed E-state index contributed by atoms with van der Waals surface area (Å²) in [7, 11) is 7.34. The number of allylic oxidation sites excluding steroid dienone is 2. The Labute approximate surface area is 185 Å². The molecule has 1 aliphatic heterocycles. The highest BCUT2D eigenvalue weighted by Crippen LogP contribution is 2.46. The maximum Gasteiger partial charge on any atom is 0.513 e. The van der Waals surface area contributed by atoms with Gasteiger partial charge >= 0.3 is 6.16 Å². The molecule has 2 heterocycles. The van der Waals surface area contributed by atoms with Crippen LogP contribution in [0, 0.1) is 10.1 Å². The second kappa shape index (κ2) is 9.08. The topological polar surface area (TPSA) is 123 Å². The lowest BCUT2D eigenvalue weighted by Gasteiger charge is -2.32. The van der Waals surface area contributed by atoms with Crippen LogP contribution < -0.4 is 15.1 Å². The maximum atomic E-state index is 12.2. The minimum Gasteiger partial charge on any atom is -0.434 e. The Morgan fingerprint density at radius 1 is 1.22 bits per heavy atom. The van der Waals surface area contributed by atoms with E-state index >= 15 is 0 Å². The van der Waals surface area contributed by atoms with Crippen LogP contribution in [0.3, 0.4) is 0 Å². The molecule has 1 unspecified atom stereocenters. The van der Waals surface area contributed by atoms with E-state index in [0.29, 0.717) is 34.4 Å². The molecule has 1 atom stereocenters. The summed E-state index contributed by atoms with van der Waals surface area (Å²) in [5, 5.41) is 14.6. The summed E-state index contributed by atoms with van der Waals surface area (Å²) in [6, 6.07) is 6.21. The number of carbonyl (C=O) groups is 1. The van der Waals surface area contributed by atoms with Crippen LogP contribution in [0.5, 0.6) is 0 Å². The van der Waals surface area contributed by atoms with Gasteiger partial charge in [0.2, 0.25) is 5.95 Å². The third-order valence-electron chi connectivity index (χ3n) is 4.83. The number of nitro groups is 1. The van der Waals surface area contributed by atoms with Gasteiger partial charge in [0.05, 0.1) is 28.7 Å². The normalized spacial score (nSPS) is 14.9. The number of fused-ring (bicyclic) bond motifs is 1. The molecule has 3 rings (SSSR count). The van der Waals surface area contributed by atoms with Crippen LogP contribution in [-0.4, -0.2) is 55.8 Å². The number of aromatic nitrogens is 2. The summed E-state index contributed by atoms with van der Waals surface area (Å²) in [4.78, 5) is 36.1. The van der Waals surface area contributed by atoms with Crippen molar-refractivity contribution in [2.75, 3.05) is 49.9 Å². The van der Waals surface area contributed by atoms with Crippen LogP contribution in [0.1, 0.15) is 30.9 Å². The molecule has 1 aromatic heterocycles. The van der Waals surface area contributed by atoms with Crippen LogP contribution in [0.4, 0.5) is 28.1 Å². The van der Waals surface area contributed by atoms with Crippen LogP contribution in [0.25, 0.3) is 0 Å². The van der Waals surface area contributed by atoms with Crippen LogP contribution >= 0.6 is 0 Å². The van der Waals surface area contributed by atoms with E-state index in [2.05, 4.69) is 15.3 Å². The van der Waals surface area contributed by atoms with E-state index in [4.69, 9.17) is 9.47 Å². The van der Waals surface area contributed by atoms with E-state index < -0.39 is 17.0 Å². The molecule has 170 valence electrons. The van der Waals surface area contributed by atoms with Crippen LogP contribution in [0.2, 0.25) is 0 Å². The number of ether oxygens (including phenoxy) is 2. The predicted octanol–water partition coefficient (Wildman–Crippen LogP) is 3.48. The van der Waals surface area contributed by atoms with Crippen LogP contribution in [-0.2, 0) is 9.47 Å². The van der Waals surface area contributed by atoms with E-state index in [1.807, 2.05) is 33.1 Å². The summed E-state index contributed by atoms with van der Waals surface area (Å²) in [5.74, 6) is 1.18. The third-order valence-corrected chi connectivity index (χ3v) is 4.83. The van der Waals surface area contributed by atoms with E-state index in [9.17, 15) is 14.9 Å². The van der Waals surface area contributed by atoms with Crippen molar-refractivity contribution in [1.29, 1.82) is 0 Å². The van der Waals surface area contributed by atoms with E-state index in [-0.39, 0.29) is 18.1 Å². The summed E-state index contributed by atoms with van der Waals surface area (Å²) < 4.78 is 10.6. The van der Waals surface area contributed by atoms with Gasteiger partial charge in [0.15, 0.2) is 0 Å². The van der Waals surface area contributed by atoms with Gasteiger partial charge in [0.25, 0.3) is 5.69 Å². The van der Waals surface area contributed by atoms with E-state index in [1.165, 1.54) is 12.1 Å². The van der Waals surface area contributed by atoms with E-state index in [1.54, 1.807) is 30.9 Å². The summed E-state index contributed by atoms with van der Waals surface area (Å²) in [6.45, 7) is 3.57. The Morgan fingerprint density at radius 2 is 1.94 bits per heavy atom. The Kier molecular flexibility index (Phi) is 6.47. The molecule has 1 aromatic carbocycles. The fraction of sp³-hybridized carbons (Fsp3) is 0.381. The number of hydrogen-bond acceptors (Lipinski definition) is 10. The molecule has 32 heavy (non-hydrogen) atoms. The molecule has 0 saturated heterocycles. The molecule has 2 aromatic rings. The first-order valence-electron chi connectivity index (χ1n) is 9.97. The van der Waals surface area contributed by atoms with Crippen molar-refractivity contribution < 1.29 is 19.2 Å². The number of non-ortho nitro benzene ring substituents is 1. The molecule has 0 fully saturated rings. The quantitative estimate of drug-likeness (QED) is 0.404. The van der Waals surface area contributed by atoms with Gasteiger partial charge in [0.1, 0.15) is 17.4 Å². The number of nitro benzene ring substituents is 1. The number of anilines is 3. The number of carbonyl (C=O) groups excluding carboxylic acids is 1. The number of rotatable bonds is 6. The van der Waals surface area contributed by atoms with E-state index in [0.717, 1.165) is 0 Å². The third kappa shape index (κ3) is 4.41. The summed E-state index contributed by atoms with van der Waals surface area (Å²) >= 11 is 0. The largest absolute Gasteiger partial charge is 0.513 e. The fourth-order valence-corrected chi connectivity index (χ4v) is 3.44. The Hall–Kier alpha value is -3.89. The molecule has 1 N–H and O–H groups in total. The smallest absolute Gasteiger partial charge is 0.434 e. The van der Waals surface area contributed by atoms with Crippen molar-refractivity contribution in [1.82, 2.24) is 9.97 Å². The molecular formula is C21H26N6O5. The zero-order valence-corrected chi connectivity index (χ0v) is 18.9. The van der Waals surface area contributed by atoms with Crippen molar-refractivity contribution in [3.8, 4) is 0 Å². The zero-order valence-electron chi connectivity index (χ0n) is 18.9. The first kappa shape index (κ1) is 22.8. The minimum atomic E-state index is -0.861. The Morgan fingerprint density at radius 3 is 2.53 bits per heavy atom. The Balaban J connectivity index is 2.28. The zero-order chi connectivity index (χ0) is 23.6. The SMILES string of the molecule is CCOC(=O)OC1=C(C)Nc2nc(N(C)C)nc(N(C)C)c2C1c1cccc([N+](=O)[O-])c1. The second-order valence-corrected chi connectivity index (χ2v) is 7.58. The van der Waals surface area contributed by atoms with Gasteiger partial charge in [-0.1, -0.05) is 12.1 Å². The highest BCUT2D eigenvalue weighted by atomic mass is 16.7. The molecule has 11 nitrogen and oxygen atoms in total. The van der Waals surface area contributed by atoms with Gasteiger partial charge in [0, 0.05) is 40.3 Å². The molecule has 0 aliphatic carbocycles. The summed E-state index contributed by atoms with van der Waals surface area (Å²) in [5.41, 5.74) is 1.65. The number of nitrogens with zero attached hydrogens (tertiary/aromatic N) is 5. The van der Waals surface area contributed by atoms with Gasteiger partial charge in [-0.25, -0.2) is 4.79 Å². The van der Waals surface area contributed by atoms with Crippen molar-refractivity contribution in [2.45, 2.75) is 19.8 Å². The van der Waals surface area contributed by atoms with Crippen molar-refractivity contribution in [2.24, 2.45) is 0 Å². The first-order chi connectivity index (χ1) is 15.1. The lowest BCUT2D eigenvalue weighted by atomic mass is 9.86. The average Bonchev–Trinajstić information content (AvgIpc) is 2.73. The first-order valence-corrected chi connectivity index (χ1v) is 9.97. The number of benzene rings is 1. The molecule has 0 bridgehead atoms. The standard InChI is InChI=1S/C21H26N6O5/c1-7-31-21(28)32-17-12(2)22-18-16(19(25(3)4)24-20(23-18)26(5)6)15(17)13-9-8-10-14(11-13)27(29)30/h8-11,15H,7H2,1-6H3,(H,22,23,24). The van der Waals surface area contributed by atoms with Gasteiger partial charge in [-0.15, -0.1) is 0 Å². The van der Waals surface area contributed by atoms with Gasteiger partial charge < -0.3 is 24.6 Å². The minimum absolute atomic E-state index is 0.0760. The van der Waals surface area contributed by atoms with Crippen molar-refractivity contribution >= 4 is 29.4 Å². The summed E-state index contributed by atoms with van der Waals surface area (Å²) in [6.07, 6.45) is -0.861. The molecule has 0 amide bonds. The highest BCUT2D eigenvalue weighted by Gasteiger charge is 2.37. The second-order valence-electron chi connectivity index (χ2n) is 7.58. The maximum absolute atomic E-state index is 12.2. The Bertz CT molecular complexity index is 1080. The monoisotopic (exact) mass is 442 g/mol. The molecule has 1 aliphatic rings. The lowest BCUT2D eigenvalue weighted by molar-refractivity contribution is -0.384. The average molecular weight is 442 g/mol. The molecular weight excluding hydrogens is 416 g/mol. The molecule has 0 saturated carbocycles. The highest BCUT2D eigenvalue weighted by molar-refractivity contribution is 5.73.